The normalized spacial score (nSPS) is 29.5. The molecule has 21 heavy (non-hydrogen) atoms. The maximum absolute atomic E-state index is 12.7. The van der Waals surface area contributed by atoms with Gasteiger partial charge in [-0.25, -0.2) is 0 Å². The van der Waals surface area contributed by atoms with Crippen LogP contribution in [-0.4, -0.2) is 25.2 Å². The molecule has 3 rings (SSSR count). The molecular formula is C16H21F3N2. The molecule has 2 nitrogen and oxygen atoms in total. The summed E-state index contributed by atoms with van der Waals surface area (Å²) in [5.74, 6) is 0. The minimum atomic E-state index is -4.26. The predicted molar refractivity (Wildman–Crippen MR) is 77.4 cm³/mol. The highest BCUT2D eigenvalue weighted by Crippen LogP contribution is 2.38. The maximum Gasteiger partial charge on any atom is 0.416 e. The average Bonchev–Trinajstić information content (AvgIpc) is 2.45. The summed E-state index contributed by atoms with van der Waals surface area (Å²) < 4.78 is 38.0. The van der Waals surface area contributed by atoms with Crippen LogP contribution < -0.4 is 10.2 Å². The Balaban J connectivity index is 1.83. The van der Waals surface area contributed by atoms with Crippen LogP contribution in [0.2, 0.25) is 0 Å². The van der Waals surface area contributed by atoms with Crippen molar-refractivity contribution in [3.63, 3.8) is 0 Å². The summed E-state index contributed by atoms with van der Waals surface area (Å²) in [5.41, 5.74) is 0.369. The van der Waals surface area contributed by atoms with Gasteiger partial charge < -0.3 is 10.2 Å². The zero-order valence-corrected chi connectivity index (χ0v) is 12.2. The van der Waals surface area contributed by atoms with Crippen LogP contribution in [-0.2, 0) is 6.18 Å². The van der Waals surface area contributed by atoms with Gasteiger partial charge in [-0.3, -0.25) is 0 Å². The molecule has 2 unspecified atom stereocenters. The van der Waals surface area contributed by atoms with Crippen LogP contribution in [0.4, 0.5) is 18.9 Å². The van der Waals surface area contributed by atoms with Gasteiger partial charge in [-0.2, -0.15) is 13.2 Å². The van der Waals surface area contributed by atoms with Gasteiger partial charge >= 0.3 is 6.18 Å². The highest BCUT2D eigenvalue weighted by molar-refractivity contribution is 5.51. The molecule has 0 saturated carbocycles. The fourth-order valence-corrected chi connectivity index (χ4v) is 3.86. The summed E-state index contributed by atoms with van der Waals surface area (Å²) in [6.07, 6.45) is 1.39. The zero-order valence-electron chi connectivity index (χ0n) is 12.2. The summed E-state index contributed by atoms with van der Waals surface area (Å²) in [6, 6.07) is 7.11. The second-order valence-electron chi connectivity index (χ2n) is 6.15. The number of rotatable bonds is 2. The first-order valence-corrected chi connectivity index (χ1v) is 7.62. The van der Waals surface area contributed by atoms with Gasteiger partial charge in [-0.15, -0.1) is 0 Å². The van der Waals surface area contributed by atoms with E-state index >= 15 is 0 Å². The molecule has 0 aliphatic carbocycles. The van der Waals surface area contributed by atoms with Crippen LogP contribution in [0.5, 0.6) is 0 Å². The van der Waals surface area contributed by atoms with Gasteiger partial charge in [0.1, 0.15) is 0 Å². The molecule has 2 saturated heterocycles. The number of hydrogen-bond acceptors (Lipinski definition) is 2. The van der Waals surface area contributed by atoms with Crippen molar-refractivity contribution in [2.45, 2.75) is 56.4 Å². The monoisotopic (exact) mass is 298 g/mol. The number of benzene rings is 1. The standard InChI is InChI=1S/C16H21F3N2/c1-20-12-9-14-3-2-4-15(10-12)21(14)13-7-5-11(6-8-13)16(17,18)19/h5-8,12,14-15,20H,2-4,9-10H2,1H3. The van der Waals surface area contributed by atoms with E-state index in [1.807, 2.05) is 7.05 Å². The number of anilines is 1. The largest absolute Gasteiger partial charge is 0.416 e. The molecule has 2 bridgehead atoms. The zero-order chi connectivity index (χ0) is 15.0. The molecule has 0 radical (unpaired) electrons. The Morgan fingerprint density at radius 2 is 1.62 bits per heavy atom. The summed E-state index contributed by atoms with van der Waals surface area (Å²) in [4.78, 5) is 2.36. The quantitative estimate of drug-likeness (QED) is 0.893. The van der Waals surface area contributed by atoms with E-state index < -0.39 is 11.7 Å². The maximum atomic E-state index is 12.7. The summed E-state index contributed by atoms with van der Waals surface area (Å²) in [5, 5.41) is 3.36. The van der Waals surface area contributed by atoms with Crippen LogP contribution in [0.15, 0.2) is 24.3 Å². The third kappa shape index (κ3) is 2.89. The highest BCUT2D eigenvalue weighted by Gasteiger charge is 2.38. The first-order valence-electron chi connectivity index (χ1n) is 7.62. The average molecular weight is 298 g/mol. The fraction of sp³-hybridized carbons (Fsp3) is 0.625. The first kappa shape index (κ1) is 14.7. The van der Waals surface area contributed by atoms with Crippen molar-refractivity contribution in [2.24, 2.45) is 0 Å². The van der Waals surface area contributed by atoms with Crippen LogP contribution in [0.25, 0.3) is 0 Å². The minimum absolute atomic E-state index is 0.451. The molecule has 0 amide bonds. The number of alkyl halides is 3. The molecule has 2 aliphatic heterocycles. The lowest BCUT2D eigenvalue weighted by Crippen LogP contribution is -2.56. The van der Waals surface area contributed by atoms with Gasteiger partial charge in [0.25, 0.3) is 0 Å². The highest BCUT2D eigenvalue weighted by atomic mass is 19.4. The Bertz CT molecular complexity index is 469. The third-order valence-corrected chi connectivity index (χ3v) is 4.88. The van der Waals surface area contributed by atoms with Crippen LogP contribution in [0.3, 0.4) is 0 Å². The number of piperidine rings is 2. The molecular weight excluding hydrogens is 277 g/mol. The molecule has 2 heterocycles. The van der Waals surface area contributed by atoms with Crippen molar-refractivity contribution < 1.29 is 13.2 Å². The molecule has 116 valence electrons. The Kier molecular flexibility index (Phi) is 3.86. The third-order valence-electron chi connectivity index (χ3n) is 4.88. The molecule has 0 spiro atoms. The van der Waals surface area contributed by atoms with E-state index in [9.17, 15) is 13.2 Å². The molecule has 1 aromatic rings. The van der Waals surface area contributed by atoms with Gasteiger partial charge in [-0.05, 0) is 63.4 Å². The topological polar surface area (TPSA) is 15.3 Å². The Morgan fingerprint density at radius 1 is 1.05 bits per heavy atom. The van der Waals surface area contributed by atoms with Crippen molar-refractivity contribution in [1.29, 1.82) is 0 Å². The van der Waals surface area contributed by atoms with E-state index in [1.165, 1.54) is 18.6 Å². The van der Waals surface area contributed by atoms with E-state index in [0.717, 1.165) is 31.4 Å². The van der Waals surface area contributed by atoms with Crippen molar-refractivity contribution in [3.8, 4) is 0 Å². The van der Waals surface area contributed by atoms with E-state index in [1.54, 1.807) is 12.1 Å². The second kappa shape index (κ2) is 5.52. The molecule has 2 fully saturated rings. The summed E-state index contributed by atoms with van der Waals surface area (Å²) in [6.45, 7) is 0. The fourth-order valence-electron chi connectivity index (χ4n) is 3.86. The number of nitrogens with one attached hydrogen (secondary N) is 1. The summed E-state index contributed by atoms with van der Waals surface area (Å²) >= 11 is 0. The molecule has 1 aromatic carbocycles. The lowest BCUT2D eigenvalue weighted by atomic mass is 9.81. The molecule has 0 aromatic heterocycles. The molecule has 2 atom stereocenters. The predicted octanol–water partition coefficient (Wildman–Crippen LogP) is 3.81. The number of halogens is 3. The smallest absolute Gasteiger partial charge is 0.365 e. The Morgan fingerprint density at radius 3 is 2.10 bits per heavy atom. The van der Waals surface area contributed by atoms with Crippen LogP contribution in [0, 0.1) is 0 Å². The van der Waals surface area contributed by atoms with E-state index in [4.69, 9.17) is 0 Å². The van der Waals surface area contributed by atoms with Gasteiger partial charge in [0, 0.05) is 23.8 Å². The molecule has 2 aliphatic rings. The number of fused-ring (bicyclic) bond motifs is 2. The Hall–Kier alpha value is -1.23. The lowest BCUT2D eigenvalue weighted by Gasteiger charge is -2.50. The van der Waals surface area contributed by atoms with Crippen molar-refractivity contribution in [3.05, 3.63) is 29.8 Å². The number of hydrogen-bond donors (Lipinski definition) is 1. The summed E-state index contributed by atoms with van der Waals surface area (Å²) in [7, 11) is 1.99. The van der Waals surface area contributed by atoms with E-state index in [-0.39, 0.29) is 0 Å². The van der Waals surface area contributed by atoms with Crippen LogP contribution >= 0.6 is 0 Å². The second-order valence-corrected chi connectivity index (χ2v) is 6.15. The van der Waals surface area contributed by atoms with Gasteiger partial charge in [-0.1, -0.05) is 0 Å². The SMILES string of the molecule is CNC1CC2CCCC(C1)N2c1ccc(C(F)(F)F)cc1. The van der Waals surface area contributed by atoms with E-state index in [2.05, 4.69) is 10.2 Å². The van der Waals surface area contributed by atoms with E-state index in [0.29, 0.717) is 18.1 Å². The molecule has 5 heteroatoms. The van der Waals surface area contributed by atoms with Gasteiger partial charge in [0.15, 0.2) is 0 Å². The van der Waals surface area contributed by atoms with Gasteiger partial charge in [0.2, 0.25) is 0 Å². The van der Waals surface area contributed by atoms with Crippen molar-refractivity contribution in [2.75, 3.05) is 11.9 Å². The minimum Gasteiger partial charge on any atom is -0.365 e. The molecule has 1 N–H and O–H groups in total. The lowest BCUT2D eigenvalue weighted by molar-refractivity contribution is -0.137. The first-order chi connectivity index (χ1) is 9.99. The van der Waals surface area contributed by atoms with Crippen molar-refractivity contribution >= 4 is 5.69 Å². The van der Waals surface area contributed by atoms with Crippen molar-refractivity contribution in [1.82, 2.24) is 5.32 Å². The van der Waals surface area contributed by atoms with Gasteiger partial charge in [0.05, 0.1) is 5.56 Å². The van der Waals surface area contributed by atoms with Crippen LogP contribution in [0.1, 0.15) is 37.7 Å². The number of nitrogens with zero attached hydrogens (tertiary/aromatic N) is 1. The Labute approximate surface area is 123 Å².